The molecule has 0 saturated heterocycles. The fourth-order valence-electron chi connectivity index (χ4n) is 3.15. The lowest BCUT2D eigenvalue weighted by atomic mass is 9.89. The molecule has 0 radical (unpaired) electrons. The third-order valence-corrected chi connectivity index (χ3v) is 4.83. The van der Waals surface area contributed by atoms with Gasteiger partial charge in [-0.05, 0) is 59.7 Å². The van der Waals surface area contributed by atoms with Gasteiger partial charge in [-0.1, -0.05) is 41.9 Å². The van der Waals surface area contributed by atoms with Crippen LogP contribution in [-0.2, 0) is 6.42 Å². The van der Waals surface area contributed by atoms with Crippen molar-refractivity contribution in [2.45, 2.75) is 38.6 Å². The van der Waals surface area contributed by atoms with Crippen molar-refractivity contribution >= 4 is 21.6 Å². The van der Waals surface area contributed by atoms with Gasteiger partial charge in [-0.15, -0.1) is 0 Å². The number of fused-ring (bicyclic) bond motifs is 1. The van der Waals surface area contributed by atoms with E-state index in [2.05, 4.69) is 59.4 Å². The Hall–Kier alpha value is -1.48. The third-order valence-electron chi connectivity index (χ3n) is 4.38. The number of halogens is 1. The summed E-state index contributed by atoms with van der Waals surface area (Å²) in [5, 5.41) is 3.77. The first-order chi connectivity index (χ1) is 10.6. The summed E-state index contributed by atoms with van der Waals surface area (Å²) in [7, 11) is 1.71. The smallest absolute Gasteiger partial charge is 0.118 e. The molecule has 0 bridgehead atoms. The summed E-state index contributed by atoms with van der Waals surface area (Å²) in [5.74, 6) is 1.42. The second kappa shape index (κ2) is 6.33. The normalized spacial score (nSPS) is 17.0. The molecular formula is C19H22BrNO. The number of rotatable bonds is 3. The van der Waals surface area contributed by atoms with Crippen LogP contribution in [0.15, 0.2) is 40.9 Å². The van der Waals surface area contributed by atoms with Gasteiger partial charge in [0.2, 0.25) is 0 Å². The van der Waals surface area contributed by atoms with Gasteiger partial charge in [0.1, 0.15) is 5.75 Å². The lowest BCUT2D eigenvalue weighted by Crippen LogP contribution is -2.19. The van der Waals surface area contributed by atoms with Crippen LogP contribution in [0.25, 0.3) is 0 Å². The summed E-state index contributed by atoms with van der Waals surface area (Å²) >= 11 is 3.64. The molecule has 1 unspecified atom stereocenters. The molecule has 0 aromatic heterocycles. The molecule has 0 saturated carbocycles. The van der Waals surface area contributed by atoms with Crippen molar-refractivity contribution in [3.63, 3.8) is 0 Å². The number of hydrogen-bond donors (Lipinski definition) is 1. The molecule has 1 aliphatic heterocycles. The van der Waals surface area contributed by atoms with Crippen molar-refractivity contribution in [2.24, 2.45) is 0 Å². The zero-order valence-electron chi connectivity index (χ0n) is 13.3. The third kappa shape index (κ3) is 3.00. The Morgan fingerprint density at radius 2 is 1.91 bits per heavy atom. The number of aryl methyl sites for hydroxylation is 1. The van der Waals surface area contributed by atoms with Crippen molar-refractivity contribution in [3.05, 3.63) is 57.6 Å². The van der Waals surface area contributed by atoms with Gasteiger partial charge in [-0.3, -0.25) is 0 Å². The molecule has 1 N–H and O–H groups in total. The van der Waals surface area contributed by atoms with E-state index in [0.717, 1.165) is 18.6 Å². The molecule has 0 amide bonds. The maximum Gasteiger partial charge on any atom is 0.118 e. The first-order valence-corrected chi connectivity index (χ1v) is 8.60. The zero-order valence-corrected chi connectivity index (χ0v) is 14.9. The fraction of sp³-hybridized carbons (Fsp3) is 0.368. The van der Waals surface area contributed by atoms with E-state index in [1.807, 2.05) is 12.1 Å². The first-order valence-electron chi connectivity index (χ1n) is 7.81. The minimum Gasteiger partial charge on any atom is -0.497 e. The van der Waals surface area contributed by atoms with Crippen LogP contribution < -0.4 is 10.1 Å². The molecular weight excluding hydrogens is 338 g/mol. The number of hydrogen-bond acceptors (Lipinski definition) is 2. The molecule has 1 atom stereocenters. The standard InChI is InChI=1S/C19H22BrNO/c1-12(2)17-11-15(20)10-14-6-9-18(21-19(14)17)13-4-7-16(22-3)8-5-13/h4-5,7-8,10-12,18,21H,6,9H2,1-3H3. The SMILES string of the molecule is COc1ccc(C2CCc3cc(Br)cc(C(C)C)c3N2)cc1. The van der Waals surface area contributed by atoms with Gasteiger partial charge in [-0.2, -0.15) is 0 Å². The molecule has 116 valence electrons. The molecule has 2 aromatic rings. The van der Waals surface area contributed by atoms with Gasteiger partial charge in [-0.25, -0.2) is 0 Å². The monoisotopic (exact) mass is 359 g/mol. The van der Waals surface area contributed by atoms with Crippen LogP contribution in [0, 0.1) is 0 Å². The largest absolute Gasteiger partial charge is 0.497 e. The van der Waals surface area contributed by atoms with E-state index in [1.54, 1.807) is 7.11 Å². The summed E-state index contributed by atoms with van der Waals surface area (Å²) in [5.41, 5.74) is 5.46. The molecule has 22 heavy (non-hydrogen) atoms. The highest BCUT2D eigenvalue weighted by atomic mass is 79.9. The van der Waals surface area contributed by atoms with E-state index in [1.165, 1.54) is 26.9 Å². The van der Waals surface area contributed by atoms with Crippen LogP contribution in [0.3, 0.4) is 0 Å². The highest BCUT2D eigenvalue weighted by molar-refractivity contribution is 9.10. The van der Waals surface area contributed by atoms with Crippen molar-refractivity contribution in [3.8, 4) is 5.75 Å². The molecule has 2 nitrogen and oxygen atoms in total. The van der Waals surface area contributed by atoms with Crippen LogP contribution in [0.4, 0.5) is 5.69 Å². The predicted octanol–water partition coefficient (Wildman–Crippen LogP) is 5.68. The number of methoxy groups -OCH3 is 1. The predicted molar refractivity (Wildman–Crippen MR) is 95.9 cm³/mol. The van der Waals surface area contributed by atoms with Crippen LogP contribution in [0.5, 0.6) is 5.75 Å². The highest BCUT2D eigenvalue weighted by Crippen LogP contribution is 2.39. The van der Waals surface area contributed by atoms with Gasteiger partial charge in [0.25, 0.3) is 0 Å². The van der Waals surface area contributed by atoms with Crippen LogP contribution in [0.1, 0.15) is 48.9 Å². The minimum atomic E-state index is 0.372. The number of ether oxygens (including phenoxy) is 1. The molecule has 2 aromatic carbocycles. The van der Waals surface area contributed by atoms with E-state index in [9.17, 15) is 0 Å². The average molecular weight is 360 g/mol. The van der Waals surface area contributed by atoms with Crippen molar-refractivity contribution in [2.75, 3.05) is 12.4 Å². The summed E-state index contributed by atoms with van der Waals surface area (Å²) in [6.45, 7) is 4.50. The van der Waals surface area contributed by atoms with Crippen molar-refractivity contribution in [1.29, 1.82) is 0 Å². The van der Waals surface area contributed by atoms with Gasteiger partial charge in [0.05, 0.1) is 13.2 Å². The number of nitrogens with one attached hydrogen (secondary N) is 1. The fourth-order valence-corrected chi connectivity index (χ4v) is 3.67. The first kappa shape index (κ1) is 15.4. The topological polar surface area (TPSA) is 21.3 Å². The Morgan fingerprint density at radius 3 is 2.55 bits per heavy atom. The minimum absolute atomic E-state index is 0.372. The molecule has 0 aliphatic carbocycles. The Kier molecular flexibility index (Phi) is 4.44. The second-order valence-corrected chi connectivity index (χ2v) is 7.11. The Morgan fingerprint density at radius 1 is 1.18 bits per heavy atom. The number of anilines is 1. The van der Waals surface area contributed by atoms with Gasteiger partial charge in [0.15, 0.2) is 0 Å². The van der Waals surface area contributed by atoms with Gasteiger partial charge < -0.3 is 10.1 Å². The Balaban J connectivity index is 1.92. The van der Waals surface area contributed by atoms with Gasteiger partial charge >= 0.3 is 0 Å². The van der Waals surface area contributed by atoms with Crippen LogP contribution in [-0.4, -0.2) is 7.11 Å². The van der Waals surface area contributed by atoms with Crippen LogP contribution in [0.2, 0.25) is 0 Å². The molecule has 1 heterocycles. The molecule has 3 heteroatoms. The molecule has 0 fully saturated rings. The lowest BCUT2D eigenvalue weighted by molar-refractivity contribution is 0.414. The van der Waals surface area contributed by atoms with E-state index in [4.69, 9.17) is 4.74 Å². The Labute approximate surface area is 141 Å². The van der Waals surface area contributed by atoms with E-state index >= 15 is 0 Å². The molecule has 3 rings (SSSR count). The molecule has 1 aliphatic rings. The van der Waals surface area contributed by atoms with E-state index < -0.39 is 0 Å². The summed E-state index contributed by atoms with van der Waals surface area (Å²) in [6.07, 6.45) is 2.23. The average Bonchev–Trinajstić information content (AvgIpc) is 2.53. The van der Waals surface area contributed by atoms with Crippen LogP contribution >= 0.6 is 15.9 Å². The highest BCUT2D eigenvalue weighted by Gasteiger charge is 2.23. The molecule has 0 spiro atoms. The maximum atomic E-state index is 5.25. The Bertz CT molecular complexity index is 664. The summed E-state index contributed by atoms with van der Waals surface area (Å²) in [6, 6.07) is 13.3. The summed E-state index contributed by atoms with van der Waals surface area (Å²) < 4.78 is 6.43. The summed E-state index contributed by atoms with van der Waals surface area (Å²) in [4.78, 5) is 0. The number of benzene rings is 2. The van der Waals surface area contributed by atoms with Gasteiger partial charge in [0, 0.05) is 10.2 Å². The zero-order chi connectivity index (χ0) is 15.7. The van der Waals surface area contributed by atoms with E-state index in [0.29, 0.717) is 12.0 Å². The lowest BCUT2D eigenvalue weighted by Gasteiger charge is -2.30. The quantitative estimate of drug-likeness (QED) is 0.760. The van der Waals surface area contributed by atoms with Crippen molar-refractivity contribution < 1.29 is 4.74 Å². The maximum absolute atomic E-state index is 5.25. The second-order valence-electron chi connectivity index (χ2n) is 6.19. The van der Waals surface area contributed by atoms with E-state index in [-0.39, 0.29) is 0 Å². The van der Waals surface area contributed by atoms with Crippen molar-refractivity contribution in [1.82, 2.24) is 0 Å².